The number of aromatic nitrogens is 1. The molecule has 0 aliphatic heterocycles. The fourth-order valence-corrected chi connectivity index (χ4v) is 2.86. The summed E-state index contributed by atoms with van der Waals surface area (Å²) in [6.45, 7) is 1.40. The van der Waals surface area contributed by atoms with Gasteiger partial charge in [-0.2, -0.15) is 0 Å². The molecule has 0 unspecified atom stereocenters. The fourth-order valence-electron chi connectivity index (χ4n) is 1.99. The Morgan fingerprint density at radius 1 is 1.10 bits per heavy atom. The number of carbonyl (C=O) groups excluding carboxylic acids is 1. The van der Waals surface area contributed by atoms with Crippen LogP contribution in [0.1, 0.15) is 17.5 Å². The molecular weight excluding hydrogens is 282 g/mol. The van der Waals surface area contributed by atoms with Crippen LogP contribution in [-0.2, 0) is 4.79 Å². The van der Waals surface area contributed by atoms with E-state index in [1.54, 1.807) is 17.4 Å². The monoisotopic (exact) mass is 295 g/mol. The number of rotatable bonds is 3. The number of para-hydroxylation sites is 2. The van der Waals surface area contributed by atoms with Gasteiger partial charge in [-0.3, -0.25) is 4.79 Å². The zero-order valence-corrected chi connectivity index (χ0v) is 12.3. The Bertz CT molecular complexity index is 787. The number of ether oxygens (including phenoxy) is 1. The van der Waals surface area contributed by atoms with Crippen molar-refractivity contribution < 1.29 is 9.53 Å². The number of esters is 1. The van der Waals surface area contributed by atoms with Crippen molar-refractivity contribution in [3.05, 3.63) is 59.1 Å². The molecule has 3 rings (SSSR count). The van der Waals surface area contributed by atoms with E-state index >= 15 is 0 Å². The maximum Gasteiger partial charge on any atom is 0.308 e. The molecule has 0 aliphatic rings. The first kappa shape index (κ1) is 13.5. The van der Waals surface area contributed by atoms with E-state index in [0.29, 0.717) is 5.75 Å². The van der Waals surface area contributed by atoms with Gasteiger partial charge in [0.15, 0.2) is 0 Å². The molecule has 0 radical (unpaired) electrons. The van der Waals surface area contributed by atoms with Crippen molar-refractivity contribution in [3.8, 4) is 5.75 Å². The molecular formula is C17H13NO2S. The van der Waals surface area contributed by atoms with Crippen LogP contribution in [0.5, 0.6) is 5.75 Å². The number of hydrogen-bond donors (Lipinski definition) is 0. The number of carbonyl (C=O) groups is 1. The minimum Gasteiger partial charge on any atom is -0.426 e. The minimum absolute atomic E-state index is 0.323. The molecule has 0 aliphatic carbocycles. The molecule has 104 valence electrons. The standard InChI is InChI=1S/C17H13NO2S/c1-12(19)20-15-8-4-2-6-13(15)10-11-17-18-14-7-3-5-9-16(14)21-17/h2-11H,1H3/b11-10+. The summed E-state index contributed by atoms with van der Waals surface area (Å²) in [5, 5.41) is 0.925. The second kappa shape index (κ2) is 5.89. The van der Waals surface area contributed by atoms with Crippen molar-refractivity contribution >= 4 is 39.7 Å². The van der Waals surface area contributed by atoms with Crippen LogP contribution < -0.4 is 4.74 Å². The van der Waals surface area contributed by atoms with Gasteiger partial charge in [-0.25, -0.2) is 4.98 Å². The Kier molecular flexibility index (Phi) is 3.79. The summed E-state index contributed by atoms with van der Waals surface area (Å²) in [5.41, 5.74) is 1.85. The molecule has 3 nitrogen and oxygen atoms in total. The Hall–Kier alpha value is -2.46. The van der Waals surface area contributed by atoms with E-state index in [1.165, 1.54) is 6.92 Å². The van der Waals surface area contributed by atoms with Crippen molar-refractivity contribution in [2.75, 3.05) is 0 Å². The van der Waals surface area contributed by atoms with Gasteiger partial charge in [0.2, 0.25) is 0 Å². The lowest BCUT2D eigenvalue weighted by atomic mass is 10.2. The third kappa shape index (κ3) is 3.17. The first-order valence-electron chi connectivity index (χ1n) is 6.53. The van der Waals surface area contributed by atoms with E-state index in [0.717, 1.165) is 20.8 Å². The van der Waals surface area contributed by atoms with Gasteiger partial charge in [0.05, 0.1) is 10.2 Å². The van der Waals surface area contributed by atoms with Gasteiger partial charge in [-0.15, -0.1) is 11.3 Å². The van der Waals surface area contributed by atoms with Crippen molar-refractivity contribution in [2.45, 2.75) is 6.92 Å². The topological polar surface area (TPSA) is 39.2 Å². The molecule has 0 fully saturated rings. The molecule has 1 heterocycles. The Morgan fingerprint density at radius 2 is 1.86 bits per heavy atom. The zero-order chi connectivity index (χ0) is 14.7. The first-order valence-corrected chi connectivity index (χ1v) is 7.35. The molecule has 0 saturated carbocycles. The van der Waals surface area contributed by atoms with E-state index in [9.17, 15) is 4.79 Å². The third-order valence-corrected chi connectivity index (χ3v) is 3.89. The fraction of sp³-hybridized carbons (Fsp3) is 0.0588. The van der Waals surface area contributed by atoms with E-state index in [-0.39, 0.29) is 5.97 Å². The highest BCUT2D eigenvalue weighted by Crippen LogP contribution is 2.25. The van der Waals surface area contributed by atoms with Crippen LogP contribution in [0.15, 0.2) is 48.5 Å². The lowest BCUT2D eigenvalue weighted by Crippen LogP contribution is -2.02. The predicted molar refractivity (Wildman–Crippen MR) is 86.3 cm³/mol. The molecule has 3 aromatic rings. The van der Waals surface area contributed by atoms with Crippen molar-refractivity contribution in [1.82, 2.24) is 4.98 Å². The van der Waals surface area contributed by atoms with Crippen LogP contribution in [0.4, 0.5) is 0 Å². The summed E-state index contributed by atoms with van der Waals surface area (Å²) in [5.74, 6) is 0.234. The molecule has 1 aromatic heterocycles. The van der Waals surface area contributed by atoms with Crippen LogP contribution >= 0.6 is 11.3 Å². The van der Waals surface area contributed by atoms with Crippen LogP contribution in [0.25, 0.3) is 22.4 Å². The highest BCUT2D eigenvalue weighted by atomic mass is 32.1. The van der Waals surface area contributed by atoms with Crippen LogP contribution in [0, 0.1) is 0 Å². The van der Waals surface area contributed by atoms with Crippen molar-refractivity contribution in [3.63, 3.8) is 0 Å². The number of nitrogens with zero attached hydrogens (tertiary/aromatic N) is 1. The number of benzene rings is 2. The third-order valence-electron chi connectivity index (χ3n) is 2.89. The second-order valence-corrected chi connectivity index (χ2v) is 5.55. The molecule has 0 amide bonds. The lowest BCUT2D eigenvalue weighted by Gasteiger charge is -2.04. The molecule has 2 aromatic carbocycles. The summed E-state index contributed by atoms with van der Waals surface area (Å²) < 4.78 is 6.34. The molecule has 21 heavy (non-hydrogen) atoms. The number of hydrogen-bond acceptors (Lipinski definition) is 4. The Morgan fingerprint density at radius 3 is 2.67 bits per heavy atom. The Balaban J connectivity index is 1.90. The van der Waals surface area contributed by atoms with E-state index in [4.69, 9.17) is 4.74 Å². The summed E-state index contributed by atoms with van der Waals surface area (Å²) in [6, 6.07) is 15.5. The maximum absolute atomic E-state index is 11.1. The summed E-state index contributed by atoms with van der Waals surface area (Å²) in [6.07, 6.45) is 3.85. The minimum atomic E-state index is -0.323. The summed E-state index contributed by atoms with van der Waals surface area (Å²) in [4.78, 5) is 15.6. The van der Waals surface area contributed by atoms with Gasteiger partial charge in [-0.1, -0.05) is 30.3 Å². The maximum atomic E-state index is 11.1. The molecule has 4 heteroatoms. The normalized spacial score (nSPS) is 11.1. The largest absolute Gasteiger partial charge is 0.426 e. The van der Waals surface area contributed by atoms with Crippen LogP contribution in [0.3, 0.4) is 0 Å². The first-order chi connectivity index (χ1) is 10.2. The van der Waals surface area contributed by atoms with Crippen molar-refractivity contribution in [2.24, 2.45) is 0 Å². The SMILES string of the molecule is CC(=O)Oc1ccccc1/C=C/c1nc2ccccc2s1. The summed E-state index contributed by atoms with van der Waals surface area (Å²) in [7, 11) is 0. The van der Waals surface area contributed by atoms with Gasteiger partial charge in [0.25, 0.3) is 0 Å². The van der Waals surface area contributed by atoms with Gasteiger partial charge in [-0.05, 0) is 30.4 Å². The van der Waals surface area contributed by atoms with E-state index in [1.807, 2.05) is 48.6 Å². The zero-order valence-electron chi connectivity index (χ0n) is 11.4. The number of thiazole rings is 1. The number of fused-ring (bicyclic) bond motifs is 1. The average Bonchev–Trinajstić information content (AvgIpc) is 2.88. The molecule has 0 saturated heterocycles. The summed E-state index contributed by atoms with van der Waals surface area (Å²) >= 11 is 1.63. The molecule has 0 spiro atoms. The Labute approximate surface area is 126 Å². The smallest absolute Gasteiger partial charge is 0.308 e. The van der Waals surface area contributed by atoms with Gasteiger partial charge >= 0.3 is 5.97 Å². The molecule has 0 atom stereocenters. The molecule has 0 bridgehead atoms. The highest BCUT2D eigenvalue weighted by molar-refractivity contribution is 7.19. The quantitative estimate of drug-likeness (QED) is 0.531. The van der Waals surface area contributed by atoms with Gasteiger partial charge in [0.1, 0.15) is 10.8 Å². The second-order valence-electron chi connectivity index (χ2n) is 4.48. The van der Waals surface area contributed by atoms with Gasteiger partial charge < -0.3 is 4.74 Å². The van der Waals surface area contributed by atoms with Crippen LogP contribution in [0.2, 0.25) is 0 Å². The lowest BCUT2D eigenvalue weighted by molar-refractivity contribution is -0.131. The molecule has 0 N–H and O–H groups in total. The predicted octanol–water partition coefficient (Wildman–Crippen LogP) is 4.39. The highest BCUT2D eigenvalue weighted by Gasteiger charge is 2.03. The van der Waals surface area contributed by atoms with Gasteiger partial charge in [0, 0.05) is 12.5 Å². The van der Waals surface area contributed by atoms with E-state index < -0.39 is 0 Å². The average molecular weight is 295 g/mol. The van der Waals surface area contributed by atoms with E-state index in [2.05, 4.69) is 11.1 Å². The van der Waals surface area contributed by atoms with Crippen LogP contribution in [-0.4, -0.2) is 11.0 Å². The van der Waals surface area contributed by atoms with Crippen molar-refractivity contribution in [1.29, 1.82) is 0 Å².